The monoisotopic (exact) mass is 282 g/mol. The Morgan fingerprint density at radius 1 is 1.20 bits per heavy atom. The summed E-state index contributed by atoms with van der Waals surface area (Å²) in [6, 6.07) is 1.18. The van der Waals surface area contributed by atoms with E-state index >= 15 is 0 Å². The second-order valence-corrected chi connectivity index (χ2v) is 7.05. The van der Waals surface area contributed by atoms with Gasteiger partial charge in [0.1, 0.15) is 0 Å². The molecule has 0 saturated heterocycles. The zero-order valence-corrected chi connectivity index (χ0v) is 13.3. The third kappa shape index (κ3) is 4.44. The predicted molar refractivity (Wildman–Crippen MR) is 84.6 cm³/mol. The van der Waals surface area contributed by atoms with Gasteiger partial charge in [0.05, 0.1) is 0 Å². The fourth-order valence-corrected chi connectivity index (χ4v) is 4.01. The first-order valence-corrected chi connectivity index (χ1v) is 8.85. The van der Waals surface area contributed by atoms with Gasteiger partial charge in [0, 0.05) is 31.8 Å². The summed E-state index contributed by atoms with van der Waals surface area (Å²) in [5.41, 5.74) is 6.40. The Bertz CT molecular complexity index is 268. The second-order valence-electron chi connectivity index (χ2n) is 7.05. The molecule has 3 heteroatoms. The molecule has 0 aromatic rings. The number of rotatable bonds is 8. The summed E-state index contributed by atoms with van der Waals surface area (Å²) in [5.74, 6) is 1.59. The van der Waals surface area contributed by atoms with Crippen LogP contribution in [-0.4, -0.2) is 41.8 Å². The maximum atomic E-state index is 9.11. The molecule has 3 nitrogen and oxygen atoms in total. The van der Waals surface area contributed by atoms with Gasteiger partial charge >= 0.3 is 0 Å². The van der Waals surface area contributed by atoms with Crippen LogP contribution in [0.2, 0.25) is 0 Å². The van der Waals surface area contributed by atoms with Crippen LogP contribution in [-0.2, 0) is 0 Å². The SMILES string of the molecule is CCCC1CCC(N)C(CN(CCCO)C2CCC2)C1. The fraction of sp³-hybridized carbons (Fsp3) is 1.00. The molecule has 0 heterocycles. The first kappa shape index (κ1) is 16.3. The third-order valence-corrected chi connectivity index (χ3v) is 5.51. The minimum absolute atomic E-state index is 0.318. The van der Waals surface area contributed by atoms with Gasteiger partial charge in [0.25, 0.3) is 0 Å². The molecule has 0 aromatic carbocycles. The van der Waals surface area contributed by atoms with Crippen molar-refractivity contribution in [3.8, 4) is 0 Å². The molecule has 2 aliphatic rings. The molecule has 20 heavy (non-hydrogen) atoms. The van der Waals surface area contributed by atoms with Crippen molar-refractivity contribution < 1.29 is 5.11 Å². The highest BCUT2D eigenvalue weighted by atomic mass is 16.3. The molecule has 3 atom stereocenters. The highest BCUT2D eigenvalue weighted by Gasteiger charge is 2.32. The van der Waals surface area contributed by atoms with Crippen molar-refractivity contribution in [2.24, 2.45) is 17.6 Å². The molecule has 2 rings (SSSR count). The van der Waals surface area contributed by atoms with E-state index in [1.54, 1.807) is 0 Å². The molecule has 3 N–H and O–H groups in total. The van der Waals surface area contributed by atoms with E-state index in [9.17, 15) is 0 Å². The maximum Gasteiger partial charge on any atom is 0.0443 e. The molecule has 0 spiro atoms. The largest absolute Gasteiger partial charge is 0.396 e. The van der Waals surface area contributed by atoms with Crippen molar-refractivity contribution >= 4 is 0 Å². The van der Waals surface area contributed by atoms with Gasteiger partial charge in [0.2, 0.25) is 0 Å². The molecular formula is C17H34N2O. The van der Waals surface area contributed by atoms with E-state index in [1.165, 1.54) is 57.9 Å². The van der Waals surface area contributed by atoms with E-state index in [-0.39, 0.29) is 0 Å². The maximum absolute atomic E-state index is 9.11. The van der Waals surface area contributed by atoms with Crippen molar-refractivity contribution in [3.05, 3.63) is 0 Å². The number of nitrogens with two attached hydrogens (primary N) is 1. The molecule has 0 radical (unpaired) electrons. The lowest BCUT2D eigenvalue weighted by Crippen LogP contribution is -2.48. The van der Waals surface area contributed by atoms with E-state index in [0.717, 1.165) is 24.9 Å². The summed E-state index contributed by atoms with van der Waals surface area (Å²) in [4.78, 5) is 2.64. The van der Waals surface area contributed by atoms with Crippen LogP contribution in [0.1, 0.15) is 64.7 Å². The Hall–Kier alpha value is -0.120. The summed E-state index contributed by atoms with van der Waals surface area (Å²) < 4.78 is 0. The minimum Gasteiger partial charge on any atom is -0.396 e. The van der Waals surface area contributed by atoms with Crippen molar-refractivity contribution in [3.63, 3.8) is 0 Å². The quantitative estimate of drug-likeness (QED) is 0.720. The summed E-state index contributed by atoms with van der Waals surface area (Å²) in [6.07, 6.45) is 11.6. The average Bonchev–Trinajstić information content (AvgIpc) is 2.38. The lowest BCUT2D eigenvalue weighted by atomic mass is 9.76. The molecule has 0 aromatic heterocycles. The number of nitrogens with zero attached hydrogens (tertiary/aromatic N) is 1. The lowest BCUT2D eigenvalue weighted by Gasteiger charge is -2.43. The zero-order valence-electron chi connectivity index (χ0n) is 13.3. The fourth-order valence-electron chi connectivity index (χ4n) is 4.01. The predicted octanol–water partition coefficient (Wildman–Crippen LogP) is 2.77. The third-order valence-electron chi connectivity index (χ3n) is 5.51. The Morgan fingerprint density at radius 2 is 2.00 bits per heavy atom. The van der Waals surface area contributed by atoms with Crippen molar-refractivity contribution in [1.29, 1.82) is 0 Å². The number of aliphatic hydroxyl groups excluding tert-OH is 1. The number of aliphatic hydroxyl groups is 1. The van der Waals surface area contributed by atoms with Crippen LogP contribution in [0.3, 0.4) is 0 Å². The van der Waals surface area contributed by atoms with Crippen LogP contribution < -0.4 is 5.73 Å². The zero-order chi connectivity index (χ0) is 14.4. The van der Waals surface area contributed by atoms with E-state index in [4.69, 9.17) is 10.8 Å². The topological polar surface area (TPSA) is 49.5 Å². The van der Waals surface area contributed by atoms with Gasteiger partial charge in [-0.3, -0.25) is 4.90 Å². The molecule has 0 bridgehead atoms. The Morgan fingerprint density at radius 3 is 2.60 bits per heavy atom. The highest BCUT2D eigenvalue weighted by Crippen LogP contribution is 2.34. The molecule has 118 valence electrons. The van der Waals surface area contributed by atoms with Gasteiger partial charge in [0.15, 0.2) is 0 Å². The molecule has 0 amide bonds. The van der Waals surface area contributed by atoms with Crippen LogP contribution in [0.25, 0.3) is 0 Å². The van der Waals surface area contributed by atoms with Crippen molar-refractivity contribution in [1.82, 2.24) is 4.90 Å². The van der Waals surface area contributed by atoms with Gasteiger partial charge in [-0.1, -0.05) is 26.2 Å². The standard InChI is InChI=1S/C17H34N2O/c1-2-5-14-8-9-17(18)15(12-14)13-19(10-4-11-20)16-6-3-7-16/h14-17,20H,2-13,18H2,1H3. The first-order valence-electron chi connectivity index (χ1n) is 8.85. The van der Waals surface area contributed by atoms with Gasteiger partial charge < -0.3 is 10.8 Å². The van der Waals surface area contributed by atoms with Crippen LogP contribution in [0, 0.1) is 11.8 Å². The van der Waals surface area contributed by atoms with Crippen LogP contribution >= 0.6 is 0 Å². The molecule has 0 aliphatic heterocycles. The van der Waals surface area contributed by atoms with E-state index < -0.39 is 0 Å². The van der Waals surface area contributed by atoms with Crippen LogP contribution in [0.5, 0.6) is 0 Å². The number of hydrogen-bond acceptors (Lipinski definition) is 3. The smallest absolute Gasteiger partial charge is 0.0443 e. The minimum atomic E-state index is 0.318. The first-order chi connectivity index (χ1) is 9.74. The molecule has 3 unspecified atom stereocenters. The van der Waals surface area contributed by atoms with Crippen LogP contribution in [0.15, 0.2) is 0 Å². The lowest BCUT2D eigenvalue weighted by molar-refractivity contribution is 0.0747. The highest BCUT2D eigenvalue weighted by molar-refractivity contribution is 4.88. The van der Waals surface area contributed by atoms with Crippen molar-refractivity contribution in [2.45, 2.75) is 76.8 Å². The van der Waals surface area contributed by atoms with Gasteiger partial charge in [-0.2, -0.15) is 0 Å². The second kappa shape index (κ2) is 8.35. The van der Waals surface area contributed by atoms with E-state index in [2.05, 4.69) is 11.8 Å². The van der Waals surface area contributed by atoms with Gasteiger partial charge in [-0.15, -0.1) is 0 Å². The summed E-state index contributed by atoms with van der Waals surface area (Å²) >= 11 is 0. The summed E-state index contributed by atoms with van der Waals surface area (Å²) in [6.45, 7) is 4.85. The number of hydrogen-bond donors (Lipinski definition) is 2. The van der Waals surface area contributed by atoms with E-state index in [1.807, 2.05) is 0 Å². The Labute approximate surface area is 124 Å². The average molecular weight is 282 g/mol. The summed E-state index contributed by atoms with van der Waals surface area (Å²) in [7, 11) is 0. The van der Waals surface area contributed by atoms with Crippen molar-refractivity contribution in [2.75, 3.05) is 19.7 Å². The Balaban J connectivity index is 1.85. The van der Waals surface area contributed by atoms with Crippen LogP contribution in [0.4, 0.5) is 0 Å². The molecule has 2 fully saturated rings. The molecule has 2 saturated carbocycles. The molecule has 2 aliphatic carbocycles. The molecular weight excluding hydrogens is 248 g/mol. The normalized spacial score (nSPS) is 31.5. The Kier molecular flexibility index (Phi) is 6.79. The van der Waals surface area contributed by atoms with Gasteiger partial charge in [-0.05, 0) is 50.4 Å². The van der Waals surface area contributed by atoms with E-state index in [0.29, 0.717) is 18.6 Å². The summed E-state index contributed by atoms with van der Waals surface area (Å²) in [5, 5.41) is 9.11. The van der Waals surface area contributed by atoms with Gasteiger partial charge in [-0.25, -0.2) is 0 Å².